The number of hydrogen-bond acceptors (Lipinski definition) is 4. The molecule has 130 valence electrons. The highest BCUT2D eigenvalue weighted by molar-refractivity contribution is 5.68. The molecule has 0 aromatic carbocycles. The van der Waals surface area contributed by atoms with Gasteiger partial charge in [-0.05, 0) is 46.0 Å². The average Bonchev–Trinajstić information content (AvgIpc) is 3.06. The third-order valence-corrected chi connectivity index (χ3v) is 3.98. The van der Waals surface area contributed by atoms with Gasteiger partial charge in [0.2, 0.25) is 5.79 Å². The van der Waals surface area contributed by atoms with Gasteiger partial charge in [-0.1, -0.05) is 12.2 Å². The van der Waals surface area contributed by atoms with Gasteiger partial charge in [0.25, 0.3) is 0 Å². The Kier molecular flexibility index (Phi) is 5.60. The molecule has 0 radical (unpaired) electrons. The lowest BCUT2D eigenvalue weighted by Gasteiger charge is -2.24. The molecule has 5 heteroatoms. The maximum absolute atomic E-state index is 12.0. The Morgan fingerprint density at radius 1 is 1.39 bits per heavy atom. The molecule has 0 saturated carbocycles. The standard InChI is InChI=1S/C18H29NO4/c1-17(2,3)23-16(20)19-11-9-15(14-19)8-6-5-7-10-18(4)21-12-13-22-18/h6,8,12-13,15H,5,7,9-11,14H2,1-4H3/t15-/m1/s1. The van der Waals surface area contributed by atoms with Crippen molar-refractivity contribution in [2.24, 2.45) is 5.92 Å². The summed E-state index contributed by atoms with van der Waals surface area (Å²) in [6.45, 7) is 9.16. The van der Waals surface area contributed by atoms with E-state index in [1.807, 2.05) is 27.7 Å². The van der Waals surface area contributed by atoms with Crippen LogP contribution in [-0.2, 0) is 14.2 Å². The molecule has 23 heavy (non-hydrogen) atoms. The zero-order valence-corrected chi connectivity index (χ0v) is 14.7. The lowest BCUT2D eigenvalue weighted by Crippen LogP contribution is -2.35. The van der Waals surface area contributed by atoms with Crippen LogP contribution in [0.15, 0.2) is 24.7 Å². The van der Waals surface area contributed by atoms with Crippen molar-refractivity contribution >= 4 is 6.09 Å². The summed E-state index contributed by atoms with van der Waals surface area (Å²) < 4.78 is 16.2. The van der Waals surface area contributed by atoms with Crippen LogP contribution in [-0.4, -0.2) is 35.5 Å². The van der Waals surface area contributed by atoms with Crippen LogP contribution in [0.2, 0.25) is 0 Å². The highest BCUT2D eigenvalue weighted by atomic mass is 16.7. The molecule has 0 aromatic rings. The maximum atomic E-state index is 12.0. The molecule has 0 unspecified atom stereocenters. The molecule has 2 aliphatic rings. The monoisotopic (exact) mass is 323 g/mol. The average molecular weight is 323 g/mol. The number of nitrogens with zero attached hydrogens (tertiary/aromatic N) is 1. The molecule has 2 aliphatic heterocycles. The van der Waals surface area contributed by atoms with Crippen LogP contribution in [0.25, 0.3) is 0 Å². The zero-order chi connectivity index (χ0) is 16.9. The molecular formula is C18H29NO4. The first-order valence-corrected chi connectivity index (χ1v) is 8.43. The van der Waals surface area contributed by atoms with Crippen molar-refractivity contribution in [1.29, 1.82) is 0 Å². The Labute approximate surface area is 139 Å². The molecular weight excluding hydrogens is 294 g/mol. The minimum Gasteiger partial charge on any atom is -0.457 e. The number of allylic oxidation sites excluding steroid dienone is 1. The first-order chi connectivity index (χ1) is 10.8. The van der Waals surface area contributed by atoms with Gasteiger partial charge in [0.05, 0.1) is 0 Å². The fourth-order valence-electron chi connectivity index (χ4n) is 2.76. The number of amides is 1. The Balaban J connectivity index is 1.64. The van der Waals surface area contributed by atoms with E-state index < -0.39 is 11.4 Å². The fraction of sp³-hybridized carbons (Fsp3) is 0.722. The summed E-state index contributed by atoms with van der Waals surface area (Å²) in [6.07, 6.45) is 11.3. The van der Waals surface area contributed by atoms with Crippen LogP contribution in [0, 0.1) is 5.92 Å². The molecule has 0 N–H and O–H groups in total. The van der Waals surface area contributed by atoms with E-state index in [4.69, 9.17) is 14.2 Å². The van der Waals surface area contributed by atoms with Crippen LogP contribution in [0.3, 0.4) is 0 Å². The second-order valence-electron chi connectivity index (χ2n) is 7.44. The van der Waals surface area contributed by atoms with Gasteiger partial charge in [-0.3, -0.25) is 0 Å². The van der Waals surface area contributed by atoms with Gasteiger partial charge in [-0.25, -0.2) is 4.79 Å². The fourth-order valence-corrected chi connectivity index (χ4v) is 2.76. The van der Waals surface area contributed by atoms with Crippen molar-refractivity contribution in [3.8, 4) is 0 Å². The largest absolute Gasteiger partial charge is 0.457 e. The van der Waals surface area contributed by atoms with Crippen molar-refractivity contribution in [3.63, 3.8) is 0 Å². The van der Waals surface area contributed by atoms with Crippen LogP contribution >= 0.6 is 0 Å². The van der Waals surface area contributed by atoms with E-state index in [-0.39, 0.29) is 6.09 Å². The van der Waals surface area contributed by atoms with Gasteiger partial charge in [0.15, 0.2) is 0 Å². The van der Waals surface area contributed by atoms with Crippen molar-refractivity contribution < 1.29 is 19.0 Å². The van der Waals surface area contributed by atoms with Gasteiger partial charge in [0.1, 0.15) is 18.1 Å². The molecule has 1 saturated heterocycles. The highest BCUT2D eigenvalue weighted by Gasteiger charge is 2.29. The summed E-state index contributed by atoms with van der Waals surface area (Å²) in [6, 6.07) is 0. The molecule has 1 fully saturated rings. The van der Waals surface area contributed by atoms with Crippen molar-refractivity contribution in [2.75, 3.05) is 13.1 Å². The molecule has 0 bridgehead atoms. The number of carbonyl (C=O) groups excluding carboxylic acids is 1. The lowest BCUT2D eigenvalue weighted by molar-refractivity contribution is -0.131. The first kappa shape index (κ1) is 17.7. The highest BCUT2D eigenvalue weighted by Crippen LogP contribution is 2.26. The molecule has 1 amide bonds. The van der Waals surface area contributed by atoms with Gasteiger partial charge in [-0.2, -0.15) is 0 Å². The Morgan fingerprint density at radius 3 is 2.74 bits per heavy atom. The van der Waals surface area contributed by atoms with Gasteiger partial charge < -0.3 is 19.1 Å². The van der Waals surface area contributed by atoms with Crippen LogP contribution in [0.1, 0.15) is 53.4 Å². The number of unbranched alkanes of at least 4 members (excludes halogenated alkanes) is 1. The Morgan fingerprint density at radius 2 is 2.09 bits per heavy atom. The van der Waals surface area contributed by atoms with Gasteiger partial charge in [0, 0.05) is 26.4 Å². The molecule has 2 rings (SSSR count). The van der Waals surface area contributed by atoms with E-state index in [2.05, 4.69) is 12.2 Å². The van der Waals surface area contributed by atoms with Crippen LogP contribution < -0.4 is 0 Å². The second kappa shape index (κ2) is 7.28. The first-order valence-electron chi connectivity index (χ1n) is 8.43. The van der Waals surface area contributed by atoms with Crippen molar-refractivity contribution in [2.45, 2.75) is 64.8 Å². The SMILES string of the molecule is CC(C)(C)OC(=O)N1CC[C@@H](C=CCCCC2(C)OC=CO2)C1. The summed E-state index contributed by atoms with van der Waals surface area (Å²) in [5.74, 6) is -0.0620. The third kappa shape index (κ3) is 5.81. The van der Waals surface area contributed by atoms with E-state index in [9.17, 15) is 4.79 Å². The quantitative estimate of drug-likeness (QED) is 0.562. The number of likely N-dealkylation sites (tertiary alicyclic amines) is 1. The number of rotatable bonds is 5. The predicted octanol–water partition coefficient (Wildman–Crippen LogP) is 4.20. The minimum atomic E-state index is -0.491. The smallest absolute Gasteiger partial charge is 0.410 e. The topological polar surface area (TPSA) is 48.0 Å². The number of hydrogen-bond donors (Lipinski definition) is 0. The zero-order valence-electron chi connectivity index (χ0n) is 14.7. The Bertz CT molecular complexity index is 456. The minimum absolute atomic E-state index is 0.204. The van der Waals surface area contributed by atoms with Crippen LogP contribution in [0.5, 0.6) is 0 Å². The van der Waals surface area contributed by atoms with E-state index in [1.165, 1.54) is 0 Å². The number of carbonyl (C=O) groups is 1. The molecule has 5 nitrogen and oxygen atoms in total. The van der Waals surface area contributed by atoms with E-state index >= 15 is 0 Å². The molecule has 2 heterocycles. The van der Waals surface area contributed by atoms with Gasteiger partial charge >= 0.3 is 6.09 Å². The van der Waals surface area contributed by atoms with E-state index in [1.54, 1.807) is 17.4 Å². The maximum Gasteiger partial charge on any atom is 0.410 e. The molecule has 0 spiro atoms. The summed E-state index contributed by atoms with van der Waals surface area (Å²) in [5.41, 5.74) is -0.430. The molecule has 1 atom stereocenters. The summed E-state index contributed by atoms with van der Waals surface area (Å²) in [7, 11) is 0. The lowest BCUT2D eigenvalue weighted by atomic mass is 10.1. The van der Waals surface area contributed by atoms with E-state index in [0.717, 1.165) is 38.8 Å². The summed E-state index contributed by atoms with van der Waals surface area (Å²) in [4.78, 5) is 13.8. The van der Waals surface area contributed by atoms with E-state index in [0.29, 0.717) is 5.92 Å². The van der Waals surface area contributed by atoms with Crippen LogP contribution in [0.4, 0.5) is 4.79 Å². The predicted molar refractivity (Wildman–Crippen MR) is 88.6 cm³/mol. The van der Waals surface area contributed by atoms with Crippen molar-refractivity contribution in [1.82, 2.24) is 4.90 Å². The molecule has 0 aromatic heterocycles. The normalized spacial score (nSPS) is 23.1. The van der Waals surface area contributed by atoms with Crippen molar-refractivity contribution in [3.05, 3.63) is 24.7 Å². The number of ether oxygens (including phenoxy) is 3. The molecule has 0 aliphatic carbocycles. The Hall–Kier alpha value is -1.65. The summed E-state index contributed by atoms with van der Waals surface area (Å²) >= 11 is 0. The second-order valence-corrected chi connectivity index (χ2v) is 7.44. The van der Waals surface area contributed by atoms with Gasteiger partial charge in [-0.15, -0.1) is 0 Å². The third-order valence-electron chi connectivity index (χ3n) is 3.98. The summed E-state index contributed by atoms with van der Waals surface area (Å²) in [5, 5.41) is 0.